The number of para-hydroxylation sites is 1. The molecule has 118 valence electrons. The number of carbonyl (C=O) groups excluding carboxylic acids is 1. The Morgan fingerprint density at radius 3 is 2.86 bits per heavy atom. The highest BCUT2D eigenvalue weighted by atomic mass is 35.5. The van der Waals surface area contributed by atoms with Gasteiger partial charge in [-0.15, -0.1) is 0 Å². The van der Waals surface area contributed by atoms with Gasteiger partial charge in [-0.3, -0.25) is 0 Å². The molecule has 1 atom stereocenters. The molecule has 2 rings (SSSR count). The van der Waals surface area contributed by atoms with Crippen molar-refractivity contribution < 1.29 is 9.53 Å². The largest absolute Gasteiger partial charge is 0.487 e. The minimum Gasteiger partial charge on any atom is -0.487 e. The van der Waals surface area contributed by atoms with Crippen LogP contribution in [0.1, 0.15) is 12.7 Å². The molecule has 0 saturated carbocycles. The van der Waals surface area contributed by atoms with Crippen LogP contribution < -0.4 is 15.4 Å². The summed E-state index contributed by atoms with van der Waals surface area (Å²) in [6.07, 6.45) is 3.32. The van der Waals surface area contributed by atoms with Crippen LogP contribution in [-0.4, -0.2) is 28.2 Å². The average Bonchev–Trinajstić information content (AvgIpc) is 2.91. The first kappa shape index (κ1) is 16.2. The number of nitrogens with one attached hydrogen (secondary N) is 2. The summed E-state index contributed by atoms with van der Waals surface area (Å²) in [5, 5.41) is 6.04. The summed E-state index contributed by atoms with van der Waals surface area (Å²) in [6, 6.07) is 6.97. The topological polar surface area (TPSA) is 68.2 Å². The molecule has 0 unspecified atom stereocenters. The van der Waals surface area contributed by atoms with Gasteiger partial charge in [0.2, 0.25) is 0 Å². The lowest BCUT2D eigenvalue weighted by atomic mass is 10.3. The van der Waals surface area contributed by atoms with Crippen LogP contribution in [0.5, 0.6) is 5.75 Å². The Bertz CT molecular complexity index is 630. The summed E-state index contributed by atoms with van der Waals surface area (Å²) < 4.78 is 7.52. The zero-order valence-electron chi connectivity index (χ0n) is 12.5. The molecule has 0 fully saturated rings. The normalized spacial score (nSPS) is 11.8. The number of aromatic nitrogens is 2. The molecule has 1 heterocycles. The predicted octanol–water partition coefficient (Wildman–Crippen LogP) is 2.34. The molecular weight excluding hydrogens is 304 g/mol. The van der Waals surface area contributed by atoms with E-state index in [1.165, 1.54) is 0 Å². The van der Waals surface area contributed by atoms with Gasteiger partial charge in [-0.2, -0.15) is 0 Å². The van der Waals surface area contributed by atoms with Crippen LogP contribution in [0.2, 0.25) is 5.02 Å². The van der Waals surface area contributed by atoms with E-state index in [0.29, 0.717) is 23.9 Å². The van der Waals surface area contributed by atoms with E-state index in [2.05, 4.69) is 15.6 Å². The Morgan fingerprint density at radius 1 is 1.41 bits per heavy atom. The molecule has 0 aliphatic carbocycles. The third-order valence-corrected chi connectivity index (χ3v) is 3.36. The molecule has 0 aliphatic heterocycles. The molecular formula is C15H19ClN4O2. The molecule has 0 radical (unpaired) electrons. The number of urea groups is 1. The second kappa shape index (κ2) is 7.70. The van der Waals surface area contributed by atoms with Crippen LogP contribution in [0.15, 0.2) is 36.7 Å². The Morgan fingerprint density at radius 2 is 2.18 bits per heavy atom. The molecule has 6 nitrogen and oxygen atoms in total. The smallest absolute Gasteiger partial charge is 0.315 e. The summed E-state index contributed by atoms with van der Waals surface area (Å²) in [5.41, 5.74) is 0. The van der Waals surface area contributed by atoms with Crippen molar-refractivity contribution in [2.45, 2.75) is 19.6 Å². The van der Waals surface area contributed by atoms with Gasteiger partial charge in [0.25, 0.3) is 0 Å². The summed E-state index contributed by atoms with van der Waals surface area (Å²) in [4.78, 5) is 15.9. The number of imidazole rings is 1. The molecule has 1 aromatic heterocycles. The summed E-state index contributed by atoms with van der Waals surface area (Å²) >= 11 is 6.02. The van der Waals surface area contributed by atoms with E-state index in [9.17, 15) is 4.79 Å². The van der Waals surface area contributed by atoms with Gasteiger partial charge in [0, 0.05) is 19.4 Å². The lowest BCUT2D eigenvalue weighted by Gasteiger charge is -2.16. The van der Waals surface area contributed by atoms with Crippen molar-refractivity contribution in [1.29, 1.82) is 0 Å². The summed E-state index contributed by atoms with van der Waals surface area (Å²) in [7, 11) is 1.88. The maximum absolute atomic E-state index is 11.7. The Labute approximate surface area is 134 Å². The average molecular weight is 323 g/mol. The SMILES string of the molecule is C[C@H](CNC(=O)NCc1nccn1C)Oc1ccccc1Cl. The standard InChI is InChI=1S/C15H19ClN4O2/c1-11(22-13-6-4-3-5-12(13)16)9-18-15(21)19-10-14-17-7-8-20(14)2/h3-8,11H,9-10H2,1-2H3,(H2,18,19,21)/t11-/m1/s1. The molecule has 0 aliphatic rings. The van der Waals surface area contributed by atoms with Crippen molar-refractivity contribution in [1.82, 2.24) is 20.2 Å². The second-order valence-corrected chi connectivity index (χ2v) is 5.28. The first-order valence-electron chi connectivity index (χ1n) is 6.95. The molecule has 2 N–H and O–H groups in total. The van der Waals surface area contributed by atoms with Crippen molar-refractivity contribution in [3.8, 4) is 5.75 Å². The van der Waals surface area contributed by atoms with E-state index >= 15 is 0 Å². The van der Waals surface area contributed by atoms with Crippen molar-refractivity contribution in [3.63, 3.8) is 0 Å². The van der Waals surface area contributed by atoms with Gasteiger partial charge in [-0.25, -0.2) is 9.78 Å². The van der Waals surface area contributed by atoms with E-state index in [1.807, 2.05) is 36.9 Å². The number of halogens is 1. The Balaban J connectivity index is 1.72. The zero-order valence-corrected chi connectivity index (χ0v) is 13.3. The van der Waals surface area contributed by atoms with Crippen LogP contribution in [-0.2, 0) is 13.6 Å². The van der Waals surface area contributed by atoms with Crippen LogP contribution in [0.3, 0.4) is 0 Å². The van der Waals surface area contributed by atoms with Crippen molar-refractivity contribution in [3.05, 3.63) is 47.5 Å². The van der Waals surface area contributed by atoms with E-state index in [4.69, 9.17) is 16.3 Å². The van der Waals surface area contributed by atoms with Gasteiger partial charge in [0.05, 0.1) is 18.1 Å². The van der Waals surface area contributed by atoms with Gasteiger partial charge in [0.15, 0.2) is 0 Å². The molecule has 22 heavy (non-hydrogen) atoms. The van der Waals surface area contributed by atoms with Crippen LogP contribution in [0.4, 0.5) is 4.79 Å². The van der Waals surface area contributed by atoms with Crippen LogP contribution in [0, 0.1) is 0 Å². The van der Waals surface area contributed by atoms with Crippen molar-refractivity contribution in [2.24, 2.45) is 7.05 Å². The maximum Gasteiger partial charge on any atom is 0.315 e. The third kappa shape index (κ3) is 4.66. The number of rotatable bonds is 6. The minimum atomic E-state index is -0.266. The minimum absolute atomic E-state index is 0.196. The van der Waals surface area contributed by atoms with E-state index < -0.39 is 0 Å². The predicted molar refractivity (Wildman–Crippen MR) is 85.0 cm³/mol. The summed E-state index contributed by atoms with van der Waals surface area (Å²) in [6.45, 7) is 2.61. The van der Waals surface area contributed by atoms with Gasteiger partial charge in [0.1, 0.15) is 17.7 Å². The Kier molecular flexibility index (Phi) is 5.66. The fourth-order valence-electron chi connectivity index (χ4n) is 1.82. The lowest BCUT2D eigenvalue weighted by Crippen LogP contribution is -2.40. The number of carbonyl (C=O) groups is 1. The fraction of sp³-hybridized carbons (Fsp3) is 0.333. The fourth-order valence-corrected chi connectivity index (χ4v) is 2.00. The van der Waals surface area contributed by atoms with E-state index in [1.54, 1.807) is 18.3 Å². The zero-order chi connectivity index (χ0) is 15.9. The highest BCUT2D eigenvalue weighted by Crippen LogP contribution is 2.23. The van der Waals surface area contributed by atoms with Gasteiger partial charge >= 0.3 is 6.03 Å². The van der Waals surface area contributed by atoms with Crippen LogP contribution >= 0.6 is 11.6 Å². The Hall–Kier alpha value is -2.21. The van der Waals surface area contributed by atoms with Gasteiger partial charge < -0.3 is 19.9 Å². The van der Waals surface area contributed by atoms with Crippen molar-refractivity contribution in [2.75, 3.05) is 6.54 Å². The first-order valence-corrected chi connectivity index (χ1v) is 7.33. The lowest BCUT2D eigenvalue weighted by molar-refractivity contribution is 0.207. The number of benzene rings is 1. The van der Waals surface area contributed by atoms with Gasteiger partial charge in [-0.1, -0.05) is 23.7 Å². The molecule has 0 saturated heterocycles. The molecule has 2 amide bonds. The number of ether oxygens (including phenoxy) is 1. The second-order valence-electron chi connectivity index (χ2n) is 4.88. The number of nitrogens with zero attached hydrogens (tertiary/aromatic N) is 2. The maximum atomic E-state index is 11.7. The van der Waals surface area contributed by atoms with E-state index in [-0.39, 0.29) is 12.1 Å². The number of aryl methyl sites for hydroxylation is 1. The van der Waals surface area contributed by atoms with Crippen LogP contribution in [0.25, 0.3) is 0 Å². The molecule has 7 heteroatoms. The molecule has 0 bridgehead atoms. The number of hydrogen-bond acceptors (Lipinski definition) is 3. The first-order chi connectivity index (χ1) is 10.6. The highest BCUT2D eigenvalue weighted by molar-refractivity contribution is 6.32. The van der Waals surface area contributed by atoms with E-state index in [0.717, 1.165) is 5.82 Å². The highest BCUT2D eigenvalue weighted by Gasteiger charge is 2.09. The monoisotopic (exact) mass is 322 g/mol. The van der Waals surface area contributed by atoms with Gasteiger partial charge in [-0.05, 0) is 19.1 Å². The number of amides is 2. The number of hydrogen-bond donors (Lipinski definition) is 2. The molecule has 0 spiro atoms. The molecule has 1 aromatic carbocycles. The quantitative estimate of drug-likeness (QED) is 0.857. The summed E-state index contributed by atoms with van der Waals surface area (Å²) in [5.74, 6) is 1.39. The molecule has 2 aromatic rings. The van der Waals surface area contributed by atoms with Crippen molar-refractivity contribution >= 4 is 17.6 Å². The third-order valence-electron chi connectivity index (χ3n) is 3.04.